The third-order valence-corrected chi connectivity index (χ3v) is 4.05. The summed E-state index contributed by atoms with van der Waals surface area (Å²) in [6, 6.07) is 8.89. The predicted molar refractivity (Wildman–Crippen MR) is 93.0 cm³/mol. The second kappa shape index (κ2) is 6.18. The highest BCUT2D eigenvalue weighted by Crippen LogP contribution is 2.35. The SMILES string of the molecule is CCn1c(=O)c(-c2[nH]c(=O)c(C#N)cc2[N+](=O)[O-])c(O)c2ccccc21. The van der Waals surface area contributed by atoms with Crippen LogP contribution in [0.1, 0.15) is 12.5 Å². The van der Waals surface area contributed by atoms with E-state index in [-0.39, 0.29) is 12.1 Å². The molecule has 2 heterocycles. The van der Waals surface area contributed by atoms with Gasteiger partial charge in [0.05, 0.1) is 10.4 Å². The molecule has 2 aromatic heterocycles. The third kappa shape index (κ3) is 2.41. The standard InChI is InChI=1S/C17H12N4O5/c1-2-20-11-6-4-3-5-10(11)15(22)13(17(20)24)14-12(21(25)26)7-9(8-18)16(23)19-14/h3-7,22H,2H2,1H3,(H,19,23). The number of rotatable bonds is 3. The van der Waals surface area contributed by atoms with Gasteiger partial charge in [0.1, 0.15) is 28.6 Å². The van der Waals surface area contributed by atoms with Crippen molar-refractivity contribution in [3.63, 3.8) is 0 Å². The summed E-state index contributed by atoms with van der Waals surface area (Å²) in [6.45, 7) is 1.96. The topological polar surface area (TPSA) is 142 Å². The molecule has 0 atom stereocenters. The van der Waals surface area contributed by atoms with Crippen molar-refractivity contribution in [1.29, 1.82) is 5.26 Å². The fourth-order valence-corrected chi connectivity index (χ4v) is 2.87. The van der Waals surface area contributed by atoms with Crippen LogP contribution in [0.5, 0.6) is 5.75 Å². The molecule has 2 N–H and O–H groups in total. The van der Waals surface area contributed by atoms with Crippen molar-refractivity contribution < 1.29 is 10.0 Å². The van der Waals surface area contributed by atoms with Gasteiger partial charge in [0, 0.05) is 18.0 Å². The summed E-state index contributed by atoms with van der Waals surface area (Å²) in [7, 11) is 0. The highest BCUT2D eigenvalue weighted by atomic mass is 16.6. The molecule has 1 aromatic carbocycles. The fourth-order valence-electron chi connectivity index (χ4n) is 2.87. The number of hydrogen-bond donors (Lipinski definition) is 2. The minimum atomic E-state index is -0.886. The number of aryl methyl sites for hydroxylation is 1. The van der Waals surface area contributed by atoms with E-state index in [2.05, 4.69) is 4.98 Å². The molecule has 130 valence electrons. The van der Waals surface area contributed by atoms with Crippen molar-refractivity contribution in [2.24, 2.45) is 0 Å². The zero-order valence-corrected chi connectivity index (χ0v) is 13.5. The fraction of sp³-hybridized carbons (Fsp3) is 0.118. The van der Waals surface area contributed by atoms with Crippen molar-refractivity contribution >= 4 is 16.6 Å². The lowest BCUT2D eigenvalue weighted by atomic mass is 10.0. The first kappa shape index (κ1) is 16.9. The molecule has 0 aliphatic rings. The van der Waals surface area contributed by atoms with Crippen LogP contribution < -0.4 is 11.1 Å². The molecule has 9 nitrogen and oxygen atoms in total. The van der Waals surface area contributed by atoms with E-state index in [1.807, 2.05) is 0 Å². The van der Waals surface area contributed by atoms with Crippen molar-refractivity contribution in [1.82, 2.24) is 9.55 Å². The molecule has 0 aliphatic heterocycles. The Kier molecular flexibility index (Phi) is 4.02. The van der Waals surface area contributed by atoms with Gasteiger partial charge in [-0.3, -0.25) is 19.7 Å². The molecule has 0 saturated heterocycles. The summed E-state index contributed by atoms with van der Waals surface area (Å²) >= 11 is 0. The minimum Gasteiger partial charge on any atom is -0.506 e. The third-order valence-electron chi connectivity index (χ3n) is 4.05. The number of aromatic amines is 1. The number of nitriles is 1. The lowest BCUT2D eigenvalue weighted by Crippen LogP contribution is -2.23. The second-order valence-electron chi connectivity index (χ2n) is 5.43. The molecule has 0 radical (unpaired) electrons. The normalized spacial score (nSPS) is 10.6. The number of nitrogens with one attached hydrogen (secondary N) is 1. The van der Waals surface area contributed by atoms with Crippen molar-refractivity contribution in [2.45, 2.75) is 13.5 Å². The number of aromatic hydroxyl groups is 1. The van der Waals surface area contributed by atoms with Crippen LogP contribution in [0.3, 0.4) is 0 Å². The molecule has 0 aliphatic carbocycles. The van der Waals surface area contributed by atoms with Crippen LogP contribution in [0.4, 0.5) is 5.69 Å². The molecular weight excluding hydrogens is 340 g/mol. The van der Waals surface area contributed by atoms with Gasteiger partial charge in [-0.2, -0.15) is 5.26 Å². The van der Waals surface area contributed by atoms with Gasteiger partial charge in [0.2, 0.25) is 0 Å². The van der Waals surface area contributed by atoms with Crippen LogP contribution >= 0.6 is 0 Å². The van der Waals surface area contributed by atoms with E-state index in [1.54, 1.807) is 37.3 Å². The Labute approximate surface area is 145 Å². The highest BCUT2D eigenvalue weighted by molar-refractivity contribution is 5.92. The first-order valence-corrected chi connectivity index (χ1v) is 7.57. The Hall–Kier alpha value is -3.93. The quantitative estimate of drug-likeness (QED) is 0.544. The average Bonchev–Trinajstić information content (AvgIpc) is 2.62. The zero-order chi connectivity index (χ0) is 19.0. The van der Waals surface area contributed by atoms with Gasteiger partial charge < -0.3 is 14.7 Å². The average molecular weight is 352 g/mol. The lowest BCUT2D eigenvalue weighted by Gasteiger charge is -2.13. The molecule has 3 aromatic rings. The summed E-state index contributed by atoms with van der Waals surface area (Å²) in [5.74, 6) is -0.473. The van der Waals surface area contributed by atoms with Gasteiger partial charge in [-0.05, 0) is 19.1 Å². The van der Waals surface area contributed by atoms with Crippen LogP contribution in [0, 0.1) is 21.4 Å². The summed E-state index contributed by atoms with van der Waals surface area (Å²) < 4.78 is 1.34. The molecular formula is C17H12N4O5. The van der Waals surface area contributed by atoms with Gasteiger partial charge in [-0.15, -0.1) is 0 Å². The Morgan fingerprint density at radius 2 is 2.04 bits per heavy atom. The zero-order valence-electron chi connectivity index (χ0n) is 13.5. The number of hydrogen-bond acceptors (Lipinski definition) is 6. The summed E-state index contributed by atoms with van der Waals surface area (Å²) in [5.41, 5.74) is -3.05. The first-order chi connectivity index (χ1) is 12.4. The van der Waals surface area contributed by atoms with Crippen molar-refractivity contribution in [3.05, 3.63) is 66.7 Å². The molecule has 9 heteroatoms. The van der Waals surface area contributed by atoms with Crippen molar-refractivity contribution in [3.8, 4) is 23.1 Å². The van der Waals surface area contributed by atoms with Crippen LogP contribution in [-0.4, -0.2) is 19.6 Å². The molecule has 0 saturated carbocycles. The molecule has 26 heavy (non-hydrogen) atoms. The van der Waals surface area contributed by atoms with E-state index in [0.717, 1.165) is 6.07 Å². The van der Waals surface area contributed by atoms with E-state index in [9.17, 15) is 24.8 Å². The Balaban J connectivity index is 2.54. The van der Waals surface area contributed by atoms with Crippen LogP contribution in [0.25, 0.3) is 22.2 Å². The predicted octanol–water partition coefficient (Wildman–Crippen LogP) is 1.86. The number of nitro groups is 1. The van der Waals surface area contributed by atoms with Crippen LogP contribution in [-0.2, 0) is 6.54 Å². The number of fused-ring (bicyclic) bond motifs is 1. The van der Waals surface area contributed by atoms with Crippen LogP contribution in [0.2, 0.25) is 0 Å². The number of nitrogens with zero attached hydrogens (tertiary/aromatic N) is 3. The maximum atomic E-state index is 12.9. The van der Waals surface area contributed by atoms with Crippen LogP contribution in [0.15, 0.2) is 39.9 Å². The smallest absolute Gasteiger partial charge is 0.295 e. The highest BCUT2D eigenvalue weighted by Gasteiger charge is 2.26. The Morgan fingerprint density at radius 1 is 1.35 bits per heavy atom. The molecule has 0 fully saturated rings. The Morgan fingerprint density at radius 3 is 2.65 bits per heavy atom. The lowest BCUT2D eigenvalue weighted by molar-refractivity contribution is -0.384. The molecule has 0 bridgehead atoms. The first-order valence-electron chi connectivity index (χ1n) is 7.57. The summed E-state index contributed by atoms with van der Waals surface area (Å²) in [4.78, 5) is 37.6. The minimum absolute atomic E-state index is 0.251. The monoisotopic (exact) mass is 352 g/mol. The van der Waals surface area contributed by atoms with Crippen molar-refractivity contribution in [2.75, 3.05) is 0 Å². The van der Waals surface area contributed by atoms with E-state index >= 15 is 0 Å². The van der Waals surface area contributed by atoms with E-state index in [4.69, 9.17) is 5.26 Å². The molecule has 3 rings (SSSR count). The number of pyridine rings is 2. The van der Waals surface area contributed by atoms with Gasteiger partial charge in [-0.25, -0.2) is 0 Å². The van der Waals surface area contributed by atoms with Gasteiger partial charge in [-0.1, -0.05) is 12.1 Å². The van der Waals surface area contributed by atoms with Gasteiger partial charge >= 0.3 is 0 Å². The molecule has 0 amide bonds. The maximum absolute atomic E-state index is 12.9. The molecule has 0 unspecified atom stereocenters. The summed E-state index contributed by atoms with van der Waals surface area (Å²) in [5, 5.41) is 31.2. The number of para-hydroxylation sites is 1. The number of aromatic nitrogens is 2. The Bertz CT molecular complexity index is 1220. The maximum Gasteiger partial charge on any atom is 0.295 e. The number of H-pyrrole nitrogens is 1. The van der Waals surface area contributed by atoms with E-state index in [1.165, 1.54) is 4.57 Å². The molecule has 0 spiro atoms. The summed E-state index contributed by atoms with van der Waals surface area (Å²) in [6.07, 6.45) is 0. The van der Waals surface area contributed by atoms with E-state index < -0.39 is 38.7 Å². The van der Waals surface area contributed by atoms with E-state index in [0.29, 0.717) is 10.9 Å². The van der Waals surface area contributed by atoms with Gasteiger partial charge in [0.25, 0.3) is 16.8 Å². The number of benzene rings is 1. The van der Waals surface area contributed by atoms with Gasteiger partial charge in [0.15, 0.2) is 0 Å². The largest absolute Gasteiger partial charge is 0.506 e. The second-order valence-corrected chi connectivity index (χ2v) is 5.43.